The molecule has 0 fully saturated rings. The Morgan fingerprint density at radius 3 is 2.27 bits per heavy atom. The molecular weight excluding hydrogens is 595 g/mol. The third-order valence-electron chi connectivity index (χ3n) is 5.46. The van der Waals surface area contributed by atoms with Crippen LogP contribution in [0.4, 0.5) is 38.1 Å². The van der Waals surface area contributed by atoms with E-state index in [1.165, 1.54) is 36.4 Å². The number of benzene rings is 3. The van der Waals surface area contributed by atoms with Gasteiger partial charge in [-0.2, -0.15) is 13.2 Å². The lowest BCUT2D eigenvalue weighted by Gasteiger charge is -2.10. The molecule has 0 atom stereocenters. The fraction of sp³-hybridized carbons (Fsp3) is 0.115. The number of fused-ring (bicyclic) bond motifs is 1. The lowest BCUT2D eigenvalue weighted by molar-refractivity contribution is -0.143. The molecule has 0 saturated carbocycles. The van der Waals surface area contributed by atoms with Crippen molar-refractivity contribution >= 4 is 64.4 Å². The quantitative estimate of drug-likeness (QED) is 0.128. The molecule has 4 aromatic rings. The normalized spacial score (nSPS) is 11.1. The minimum atomic E-state index is -4.47. The Balaban J connectivity index is 0.00000462. The summed E-state index contributed by atoms with van der Waals surface area (Å²) in [6.07, 6.45) is 1.16. The third-order valence-corrected chi connectivity index (χ3v) is 6.20. The van der Waals surface area contributed by atoms with E-state index < -0.39 is 35.1 Å². The number of esters is 1. The summed E-state index contributed by atoms with van der Waals surface area (Å²) in [6.45, 7) is -0.634. The molecule has 2 amide bonds. The Kier molecular flexibility index (Phi) is 9.97. The molecule has 41 heavy (non-hydrogen) atoms. The van der Waals surface area contributed by atoms with Crippen LogP contribution in [0.25, 0.3) is 10.9 Å². The van der Waals surface area contributed by atoms with E-state index in [4.69, 9.17) is 10.5 Å². The minimum absolute atomic E-state index is 0. The van der Waals surface area contributed by atoms with Crippen LogP contribution in [-0.4, -0.2) is 34.5 Å². The van der Waals surface area contributed by atoms with E-state index in [0.717, 1.165) is 22.9 Å². The molecule has 8 nitrogen and oxygen atoms in total. The molecule has 0 unspecified atom stereocenters. The highest BCUT2D eigenvalue weighted by atomic mass is 35.5. The van der Waals surface area contributed by atoms with Crippen molar-refractivity contribution in [2.75, 3.05) is 17.2 Å². The fourth-order valence-corrected chi connectivity index (χ4v) is 4.25. The number of nitrogens with zero attached hydrogens (tertiary/aromatic N) is 1. The first-order chi connectivity index (χ1) is 18.9. The zero-order chi connectivity index (χ0) is 29.0. The lowest BCUT2D eigenvalue weighted by Crippen LogP contribution is -2.19. The lowest BCUT2D eigenvalue weighted by atomic mass is 10.1. The Morgan fingerprint density at radius 1 is 0.951 bits per heavy atom. The molecule has 1 heterocycles. The smallest absolute Gasteiger partial charge is 0.446 e. The number of nitrogens with two attached hydrogens (primary N) is 1. The molecule has 3 aromatic carbocycles. The number of thioether (sulfide) groups is 1. The molecule has 0 radical (unpaired) electrons. The van der Waals surface area contributed by atoms with Crippen LogP contribution in [-0.2, 0) is 16.1 Å². The zero-order valence-electron chi connectivity index (χ0n) is 20.6. The van der Waals surface area contributed by atoms with E-state index in [-0.39, 0.29) is 70.1 Å². The molecule has 0 saturated heterocycles. The summed E-state index contributed by atoms with van der Waals surface area (Å²) in [5.41, 5.74) is 1.20. The number of ether oxygens (including phenoxy) is 1. The third kappa shape index (κ3) is 7.74. The second-order valence-corrected chi connectivity index (χ2v) is 9.31. The molecule has 4 rings (SSSR count). The van der Waals surface area contributed by atoms with Gasteiger partial charge in [-0.15, -0.1) is 12.4 Å². The van der Waals surface area contributed by atoms with E-state index in [1.54, 1.807) is 12.1 Å². The first-order valence-corrected chi connectivity index (χ1v) is 12.2. The van der Waals surface area contributed by atoms with Crippen molar-refractivity contribution in [3.63, 3.8) is 0 Å². The number of hydrogen-bond donors (Lipinski definition) is 3. The minimum Gasteiger partial charge on any atom is -0.460 e. The SMILES string of the molecule is Cl.NCC(=O)OCc1ccccc1C(=O)n1cc(NC(=O)Nc2ccc(SC(F)(F)F)cc2)c2cc(F)c(F)cc21. The number of rotatable bonds is 7. The van der Waals surface area contributed by atoms with Crippen molar-refractivity contribution < 1.29 is 41.1 Å². The molecule has 0 aliphatic carbocycles. The zero-order valence-corrected chi connectivity index (χ0v) is 22.3. The summed E-state index contributed by atoms with van der Waals surface area (Å²) < 4.78 is 71.9. The van der Waals surface area contributed by atoms with Gasteiger partial charge in [-0.3, -0.25) is 14.2 Å². The molecule has 15 heteroatoms. The van der Waals surface area contributed by atoms with Crippen LogP contribution < -0.4 is 16.4 Å². The number of carbonyl (C=O) groups excluding carboxylic acids is 3. The number of carbonyl (C=O) groups is 3. The Hall–Kier alpha value is -4.14. The number of aromatic nitrogens is 1. The number of amides is 2. The summed E-state index contributed by atoms with van der Waals surface area (Å²) >= 11 is -0.314. The molecular formula is C26H20ClF5N4O4S. The highest BCUT2D eigenvalue weighted by molar-refractivity contribution is 8.00. The molecule has 1 aromatic heterocycles. The van der Waals surface area contributed by atoms with Crippen molar-refractivity contribution in [1.82, 2.24) is 4.57 Å². The van der Waals surface area contributed by atoms with Gasteiger partial charge in [0.05, 0.1) is 17.7 Å². The summed E-state index contributed by atoms with van der Waals surface area (Å²) in [4.78, 5) is 37.5. The first kappa shape index (κ1) is 31.4. The van der Waals surface area contributed by atoms with Gasteiger partial charge in [0, 0.05) is 39.4 Å². The van der Waals surface area contributed by atoms with E-state index >= 15 is 0 Å². The van der Waals surface area contributed by atoms with Crippen LogP contribution >= 0.6 is 24.2 Å². The van der Waals surface area contributed by atoms with E-state index in [0.29, 0.717) is 5.56 Å². The number of urea groups is 1. The average Bonchev–Trinajstić information content (AvgIpc) is 3.24. The second-order valence-electron chi connectivity index (χ2n) is 8.17. The van der Waals surface area contributed by atoms with Crippen molar-refractivity contribution in [1.29, 1.82) is 0 Å². The van der Waals surface area contributed by atoms with Gasteiger partial charge in [0.25, 0.3) is 5.91 Å². The van der Waals surface area contributed by atoms with Gasteiger partial charge >= 0.3 is 17.5 Å². The Morgan fingerprint density at radius 2 is 1.61 bits per heavy atom. The van der Waals surface area contributed by atoms with E-state index in [2.05, 4.69) is 10.6 Å². The average molecular weight is 615 g/mol. The topological polar surface area (TPSA) is 115 Å². The van der Waals surface area contributed by atoms with Crippen LogP contribution in [0, 0.1) is 11.6 Å². The fourth-order valence-electron chi connectivity index (χ4n) is 3.71. The summed E-state index contributed by atoms with van der Waals surface area (Å²) in [6, 6.07) is 11.7. The van der Waals surface area contributed by atoms with Crippen LogP contribution in [0.1, 0.15) is 15.9 Å². The van der Waals surface area contributed by atoms with Crippen molar-refractivity contribution in [2.45, 2.75) is 17.0 Å². The van der Waals surface area contributed by atoms with Gasteiger partial charge in [-0.05, 0) is 48.2 Å². The maximum absolute atomic E-state index is 14.2. The number of halogens is 6. The summed E-state index contributed by atoms with van der Waals surface area (Å²) in [5, 5.41) is 4.86. The Bertz CT molecular complexity index is 1600. The van der Waals surface area contributed by atoms with Gasteiger partial charge < -0.3 is 21.1 Å². The van der Waals surface area contributed by atoms with Crippen molar-refractivity contribution in [3.05, 3.63) is 89.6 Å². The van der Waals surface area contributed by atoms with Gasteiger partial charge in [0.1, 0.15) is 6.61 Å². The van der Waals surface area contributed by atoms with Crippen LogP contribution in [0.3, 0.4) is 0 Å². The molecule has 0 aliphatic rings. The summed E-state index contributed by atoms with van der Waals surface area (Å²) in [7, 11) is 0. The predicted molar refractivity (Wildman–Crippen MR) is 145 cm³/mol. The second kappa shape index (κ2) is 13.0. The molecule has 0 aliphatic heterocycles. The molecule has 216 valence electrons. The van der Waals surface area contributed by atoms with Crippen LogP contribution in [0.5, 0.6) is 0 Å². The number of hydrogen-bond acceptors (Lipinski definition) is 6. The number of nitrogens with one attached hydrogen (secondary N) is 2. The van der Waals surface area contributed by atoms with Gasteiger partial charge in [-0.1, -0.05) is 18.2 Å². The maximum atomic E-state index is 14.2. The van der Waals surface area contributed by atoms with Crippen molar-refractivity contribution in [2.24, 2.45) is 5.73 Å². The van der Waals surface area contributed by atoms with E-state index in [9.17, 15) is 36.3 Å². The Labute approximate surface area is 239 Å². The monoisotopic (exact) mass is 614 g/mol. The molecule has 0 spiro atoms. The first-order valence-electron chi connectivity index (χ1n) is 11.4. The maximum Gasteiger partial charge on any atom is 0.446 e. The molecule has 0 bridgehead atoms. The summed E-state index contributed by atoms with van der Waals surface area (Å²) in [5.74, 6) is -3.86. The van der Waals surface area contributed by atoms with Gasteiger partial charge in [0.2, 0.25) is 0 Å². The standard InChI is InChI=1S/C26H19F5N4O4S.ClH/c27-19-9-18-21(34-25(38)33-15-5-7-16(8-6-15)40-26(29,30)31)12-35(22(18)10-20(19)28)24(37)17-4-2-1-3-14(17)13-39-23(36)11-32;/h1-10,12H,11,13,32H2,(H2,33,34,38);1H. The van der Waals surface area contributed by atoms with Crippen LogP contribution in [0.15, 0.2) is 71.8 Å². The largest absolute Gasteiger partial charge is 0.460 e. The highest BCUT2D eigenvalue weighted by Gasteiger charge is 2.29. The number of anilines is 2. The number of alkyl halides is 3. The van der Waals surface area contributed by atoms with Gasteiger partial charge in [-0.25, -0.2) is 13.6 Å². The van der Waals surface area contributed by atoms with Crippen LogP contribution in [0.2, 0.25) is 0 Å². The highest BCUT2D eigenvalue weighted by Crippen LogP contribution is 2.37. The van der Waals surface area contributed by atoms with Crippen molar-refractivity contribution in [3.8, 4) is 0 Å². The van der Waals surface area contributed by atoms with E-state index in [1.807, 2.05) is 0 Å². The molecule has 4 N–H and O–H groups in total. The van der Waals surface area contributed by atoms with Gasteiger partial charge in [0.15, 0.2) is 11.6 Å². The predicted octanol–water partition coefficient (Wildman–Crippen LogP) is 6.29.